The molecule has 1 fully saturated rings. The Balaban J connectivity index is 2.01. The van der Waals surface area contributed by atoms with Crippen molar-refractivity contribution in [1.82, 2.24) is 0 Å². The largest absolute Gasteiger partial charge is 0.481 e. The quantitative estimate of drug-likeness (QED) is 0.811. The third-order valence-electron chi connectivity index (χ3n) is 3.86. The number of rotatable bonds is 4. The lowest BCUT2D eigenvalue weighted by Gasteiger charge is -2.19. The Morgan fingerprint density at radius 1 is 1.26 bits per heavy atom. The first-order valence-electron chi connectivity index (χ1n) is 7.23. The number of aliphatic carboxylic acids is 1. The highest BCUT2D eigenvalue weighted by Gasteiger charge is 2.13. The number of hydrogen-bond acceptors (Lipinski definition) is 2. The molecule has 0 spiro atoms. The van der Waals surface area contributed by atoms with Gasteiger partial charge in [-0.2, -0.15) is 0 Å². The van der Waals surface area contributed by atoms with Crippen molar-refractivity contribution in [3.63, 3.8) is 0 Å². The van der Waals surface area contributed by atoms with Crippen LogP contribution >= 0.6 is 0 Å². The molecular weight excluding hydrogens is 238 g/mol. The number of nitrogens with one attached hydrogen (secondary N) is 1. The summed E-state index contributed by atoms with van der Waals surface area (Å²) >= 11 is 0. The van der Waals surface area contributed by atoms with E-state index in [1.165, 1.54) is 38.5 Å². The Hall–Kier alpha value is -1.51. The first-order chi connectivity index (χ1) is 9.15. The fraction of sp³-hybridized carbons (Fsp3) is 0.562. The third-order valence-corrected chi connectivity index (χ3v) is 3.86. The number of carboxylic acids is 1. The zero-order valence-corrected chi connectivity index (χ0v) is 11.6. The second-order valence-corrected chi connectivity index (χ2v) is 5.55. The minimum Gasteiger partial charge on any atom is -0.481 e. The van der Waals surface area contributed by atoms with Crippen LogP contribution in [0.15, 0.2) is 18.2 Å². The van der Waals surface area contributed by atoms with Gasteiger partial charge in [0, 0.05) is 11.7 Å². The van der Waals surface area contributed by atoms with Gasteiger partial charge >= 0.3 is 5.97 Å². The lowest BCUT2D eigenvalue weighted by atomic mass is 10.0. The molecule has 0 atom stereocenters. The molecule has 0 bridgehead atoms. The topological polar surface area (TPSA) is 49.3 Å². The molecule has 1 aromatic rings. The molecule has 1 aliphatic carbocycles. The van der Waals surface area contributed by atoms with Gasteiger partial charge < -0.3 is 10.4 Å². The molecule has 1 aromatic carbocycles. The molecule has 0 radical (unpaired) electrons. The highest BCUT2D eigenvalue weighted by Crippen LogP contribution is 2.23. The zero-order chi connectivity index (χ0) is 13.7. The zero-order valence-electron chi connectivity index (χ0n) is 11.6. The Morgan fingerprint density at radius 2 is 1.95 bits per heavy atom. The van der Waals surface area contributed by atoms with Gasteiger partial charge in [-0.15, -0.1) is 0 Å². The molecule has 0 amide bonds. The summed E-state index contributed by atoms with van der Waals surface area (Å²) in [5.41, 5.74) is 3.17. The molecule has 2 N–H and O–H groups in total. The summed E-state index contributed by atoms with van der Waals surface area (Å²) in [4.78, 5) is 10.7. The second kappa shape index (κ2) is 6.60. The molecule has 3 nitrogen and oxygen atoms in total. The Labute approximate surface area is 115 Å². The van der Waals surface area contributed by atoms with Crippen LogP contribution in [0.3, 0.4) is 0 Å². The van der Waals surface area contributed by atoms with E-state index < -0.39 is 5.97 Å². The first-order valence-corrected chi connectivity index (χ1v) is 7.23. The fourth-order valence-corrected chi connectivity index (χ4v) is 2.82. The third kappa shape index (κ3) is 4.27. The van der Waals surface area contributed by atoms with E-state index in [1.54, 1.807) is 0 Å². The van der Waals surface area contributed by atoms with E-state index in [0.717, 1.165) is 16.8 Å². The SMILES string of the molecule is Cc1cc(CC(=O)O)ccc1NC1CCCCCC1. The van der Waals surface area contributed by atoms with Crippen molar-refractivity contribution < 1.29 is 9.90 Å². The summed E-state index contributed by atoms with van der Waals surface area (Å²) in [6.07, 6.45) is 7.93. The van der Waals surface area contributed by atoms with Crippen molar-refractivity contribution in [3.8, 4) is 0 Å². The Kier molecular flexibility index (Phi) is 4.83. The van der Waals surface area contributed by atoms with Crippen molar-refractivity contribution >= 4 is 11.7 Å². The minimum atomic E-state index is -0.774. The maximum atomic E-state index is 10.7. The van der Waals surface area contributed by atoms with Crippen molar-refractivity contribution in [3.05, 3.63) is 29.3 Å². The maximum Gasteiger partial charge on any atom is 0.307 e. The summed E-state index contributed by atoms with van der Waals surface area (Å²) in [6, 6.07) is 6.50. The van der Waals surface area contributed by atoms with E-state index >= 15 is 0 Å². The van der Waals surface area contributed by atoms with Crippen LogP contribution in [-0.4, -0.2) is 17.1 Å². The van der Waals surface area contributed by atoms with Crippen LogP contribution in [0.4, 0.5) is 5.69 Å². The first kappa shape index (κ1) is 13.9. The molecule has 1 aliphatic rings. The summed E-state index contributed by atoms with van der Waals surface area (Å²) in [7, 11) is 0. The number of hydrogen-bond donors (Lipinski definition) is 2. The van der Waals surface area contributed by atoms with Crippen molar-refractivity contribution in [1.29, 1.82) is 0 Å². The molecule has 0 saturated heterocycles. The smallest absolute Gasteiger partial charge is 0.307 e. The highest BCUT2D eigenvalue weighted by atomic mass is 16.4. The van der Waals surface area contributed by atoms with Crippen LogP contribution in [-0.2, 0) is 11.2 Å². The lowest BCUT2D eigenvalue weighted by molar-refractivity contribution is -0.136. The van der Waals surface area contributed by atoms with Gasteiger partial charge in [0.15, 0.2) is 0 Å². The number of anilines is 1. The molecule has 0 aliphatic heterocycles. The van der Waals surface area contributed by atoms with E-state index in [9.17, 15) is 4.79 Å². The van der Waals surface area contributed by atoms with Gasteiger partial charge in [-0.1, -0.05) is 37.8 Å². The Morgan fingerprint density at radius 3 is 2.53 bits per heavy atom. The molecule has 2 rings (SSSR count). The van der Waals surface area contributed by atoms with Crippen molar-refractivity contribution in [2.45, 2.75) is 57.9 Å². The number of aryl methyl sites for hydroxylation is 1. The predicted octanol–water partition coefficient (Wildman–Crippen LogP) is 3.76. The average Bonchev–Trinajstić information content (AvgIpc) is 2.60. The van der Waals surface area contributed by atoms with Gasteiger partial charge in [0.05, 0.1) is 6.42 Å². The highest BCUT2D eigenvalue weighted by molar-refractivity contribution is 5.70. The number of carbonyl (C=O) groups is 1. The summed E-state index contributed by atoms with van der Waals surface area (Å²) in [5.74, 6) is -0.774. The molecule has 0 aromatic heterocycles. The van der Waals surface area contributed by atoms with Crippen LogP contribution in [0.5, 0.6) is 0 Å². The van der Waals surface area contributed by atoms with Crippen molar-refractivity contribution in [2.75, 3.05) is 5.32 Å². The Bertz CT molecular complexity index is 434. The van der Waals surface area contributed by atoms with E-state index in [-0.39, 0.29) is 6.42 Å². The van der Waals surface area contributed by atoms with Crippen LogP contribution in [0.25, 0.3) is 0 Å². The normalized spacial score (nSPS) is 16.9. The minimum absolute atomic E-state index is 0.102. The molecule has 3 heteroatoms. The number of benzene rings is 1. The molecule has 19 heavy (non-hydrogen) atoms. The molecule has 0 heterocycles. The summed E-state index contributed by atoms with van der Waals surface area (Å²) in [6.45, 7) is 2.05. The standard InChI is InChI=1S/C16H23NO2/c1-12-10-13(11-16(18)19)8-9-15(12)17-14-6-4-2-3-5-7-14/h8-10,14,17H,2-7,11H2,1H3,(H,18,19). The van der Waals surface area contributed by atoms with Gasteiger partial charge in [-0.3, -0.25) is 4.79 Å². The predicted molar refractivity (Wildman–Crippen MR) is 77.6 cm³/mol. The lowest BCUT2D eigenvalue weighted by Crippen LogP contribution is -2.18. The van der Waals surface area contributed by atoms with E-state index in [1.807, 2.05) is 25.1 Å². The molecular formula is C16H23NO2. The molecule has 0 unspecified atom stereocenters. The van der Waals surface area contributed by atoms with Crippen LogP contribution in [0.1, 0.15) is 49.7 Å². The van der Waals surface area contributed by atoms with Gasteiger partial charge in [-0.25, -0.2) is 0 Å². The monoisotopic (exact) mass is 261 g/mol. The fourth-order valence-electron chi connectivity index (χ4n) is 2.82. The van der Waals surface area contributed by atoms with Gasteiger partial charge in [0.25, 0.3) is 0 Å². The summed E-state index contributed by atoms with van der Waals surface area (Å²) in [5, 5.41) is 12.4. The van der Waals surface area contributed by atoms with Gasteiger partial charge in [-0.05, 0) is 37.0 Å². The van der Waals surface area contributed by atoms with Gasteiger partial charge in [0.2, 0.25) is 0 Å². The maximum absolute atomic E-state index is 10.7. The van der Waals surface area contributed by atoms with Gasteiger partial charge in [0.1, 0.15) is 0 Å². The van der Waals surface area contributed by atoms with E-state index in [2.05, 4.69) is 5.32 Å². The molecule has 1 saturated carbocycles. The van der Waals surface area contributed by atoms with E-state index in [0.29, 0.717) is 6.04 Å². The van der Waals surface area contributed by atoms with Crippen LogP contribution in [0, 0.1) is 6.92 Å². The average molecular weight is 261 g/mol. The summed E-state index contributed by atoms with van der Waals surface area (Å²) < 4.78 is 0. The van der Waals surface area contributed by atoms with Crippen LogP contribution < -0.4 is 5.32 Å². The van der Waals surface area contributed by atoms with Crippen LogP contribution in [0.2, 0.25) is 0 Å². The second-order valence-electron chi connectivity index (χ2n) is 5.55. The molecule has 104 valence electrons. The van der Waals surface area contributed by atoms with Crippen molar-refractivity contribution in [2.24, 2.45) is 0 Å². The number of carboxylic acid groups (broad SMARTS) is 1. The van der Waals surface area contributed by atoms with E-state index in [4.69, 9.17) is 5.11 Å².